The number of halogens is 1. The Hall–Kier alpha value is -2.18. The molecule has 2 aromatic rings. The van der Waals surface area contributed by atoms with Crippen LogP contribution in [0.15, 0.2) is 61.2 Å². The number of aromatic hydroxyl groups is 1. The molecule has 1 atom stereocenters. The summed E-state index contributed by atoms with van der Waals surface area (Å²) in [5.41, 5.74) is 1.72. The minimum absolute atomic E-state index is 0.128. The molecule has 4 nitrogen and oxygen atoms in total. The number of piperidine rings is 1. The molecule has 1 saturated heterocycles. The largest absolute Gasteiger partial charge is 0.508 e. The fourth-order valence-electron chi connectivity index (χ4n) is 4.32. The van der Waals surface area contributed by atoms with Crippen molar-refractivity contribution < 1.29 is 17.9 Å². The molecule has 0 aliphatic carbocycles. The molecule has 1 fully saturated rings. The van der Waals surface area contributed by atoms with Crippen LogP contribution in [0.2, 0.25) is 0 Å². The highest BCUT2D eigenvalue weighted by atomic mass is 32.2. The molecule has 1 aliphatic rings. The van der Waals surface area contributed by atoms with E-state index in [9.17, 15) is 17.9 Å². The van der Waals surface area contributed by atoms with Crippen LogP contribution in [0.25, 0.3) is 0 Å². The average Bonchev–Trinajstić information content (AvgIpc) is 2.75. The van der Waals surface area contributed by atoms with E-state index in [-0.39, 0.29) is 11.6 Å². The lowest BCUT2D eigenvalue weighted by Gasteiger charge is -2.32. The molecule has 2 aromatic carbocycles. The van der Waals surface area contributed by atoms with Gasteiger partial charge in [-0.2, -0.15) is 0 Å². The molecule has 1 unspecified atom stereocenters. The highest BCUT2D eigenvalue weighted by molar-refractivity contribution is 7.91. The van der Waals surface area contributed by atoms with Crippen LogP contribution in [0.3, 0.4) is 0 Å². The van der Waals surface area contributed by atoms with E-state index in [4.69, 9.17) is 0 Å². The Morgan fingerprint density at radius 2 is 1.87 bits per heavy atom. The van der Waals surface area contributed by atoms with Crippen LogP contribution in [-0.2, 0) is 16.3 Å². The molecule has 1 N–H and O–H groups in total. The second-order valence-corrected chi connectivity index (χ2v) is 10.7. The van der Waals surface area contributed by atoms with Gasteiger partial charge in [-0.25, -0.2) is 12.8 Å². The summed E-state index contributed by atoms with van der Waals surface area (Å²) in [5, 5.41) is 8.76. The number of rotatable bonds is 10. The molecule has 1 heterocycles. The van der Waals surface area contributed by atoms with E-state index < -0.39 is 15.1 Å². The van der Waals surface area contributed by atoms with Crippen LogP contribution in [0.1, 0.15) is 42.1 Å². The summed E-state index contributed by atoms with van der Waals surface area (Å²) in [7, 11) is -3.37. The Kier molecular flexibility index (Phi) is 8.27. The van der Waals surface area contributed by atoms with Crippen molar-refractivity contribution in [1.29, 1.82) is 0 Å². The van der Waals surface area contributed by atoms with Crippen molar-refractivity contribution in [2.24, 2.45) is 5.92 Å². The minimum Gasteiger partial charge on any atom is -0.508 e. The summed E-state index contributed by atoms with van der Waals surface area (Å²) >= 11 is 0. The number of hydrogen-bond donors (Lipinski definition) is 1. The summed E-state index contributed by atoms with van der Waals surface area (Å²) in [6.45, 7) is 6.70. The van der Waals surface area contributed by atoms with E-state index in [1.165, 1.54) is 30.3 Å². The Bertz CT molecular complexity index is 951. The van der Waals surface area contributed by atoms with Crippen LogP contribution in [0, 0.1) is 11.7 Å². The van der Waals surface area contributed by atoms with Gasteiger partial charge in [0.15, 0.2) is 9.84 Å². The standard InChI is InChI=1S/C25H32FNO3S/c1-2-25(22-8-10-23(26)11-9-22)31(29,30)18-14-20-12-16-27(17-13-20)15-4-6-21-5-3-7-24(28)19-21/h2-3,5,7-11,19-20,25,28H,1,4,6,12-18H2. The summed E-state index contributed by atoms with van der Waals surface area (Å²) in [5.74, 6) is 0.475. The number of likely N-dealkylation sites (tertiary alicyclic amines) is 1. The van der Waals surface area contributed by atoms with Gasteiger partial charge in [0, 0.05) is 0 Å². The Balaban J connectivity index is 1.41. The first-order valence-electron chi connectivity index (χ1n) is 11.0. The van der Waals surface area contributed by atoms with Crippen molar-refractivity contribution >= 4 is 9.84 Å². The molecule has 6 heteroatoms. The number of phenolic OH excluding ortho intramolecular Hbond substituents is 1. The highest BCUT2D eigenvalue weighted by Gasteiger charge is 2.27. The first kappa shape index (κ1) is 23.5. The van der Waals surface area contributed by atoms with Crippen molar-refractivity contribution in [3.05, 3.63) is 78.1 Å². The molecule has 168 valence electrons. The quantitative estimate of drug-likeness (QED) is 0.528. The molecule has 31 heavy (non-hydrogen) atoms. The van der Waals surface area contributed by atoms with Gasteiger partial charge >= 0.3 is 0 Å². The van der Waals surface area contributed by atoms with Gasteiger partial charge in [0.1, 0.15) is 16.8 Å². The maximum absolute atomic E-state index is 13.2. The van der Waals surface area contributed by atoms with Crippen molar-refractivity contribution in [1.82, 2.24) is 4.90 Å². The van der Waals surface area contributed by atoms with Crippen molar-refractivity contribution in [2.45, 2.75) is 37.4 Å². The fourth-order valence-corrected chi connectivity index (χ4v) is 6.10. The molecule has 0 bridgehead atoms. The third kappa shape index (κ3) is 6.91. The molecule has 0 aromatic heterocycles. The lowest BCUT2D eigenvalue weighted by Crippen LogP contribution is -2.35. The SMILES string of the molecule is C=CC(c1ccc(F)cc1)S(=O)(=O)CCC1CCN(CCCc2cccc(O)c2)CC1. The van der Waals surface area contributed by atoms with Crippen LogP contribution < -0.4 is 0 Å². The molecule has 3 rings (SSSR count). The number of hydrogen-bond acceptors (Lipinski definition) is 4. The van der Waals surface area contributed by atoms with E-state index in [1.54, 1.807) is 6.07 Å². The van der Waals surface area contributed by atoms with Gasteiger partial charge in [0.2, 0.25) is 0 Å². The number of sulfone groups is 1. The van der Waals surface area contributed by atoms with E-state index >= 15 is 0 Å². The van der Waals surface area contributed by atoms with Gasteiger partial charge in [0.05, 0.1) is 5.75 Å². The van der Waals surface area contributed by atoms with E-state index in [0.717, 1.165) is 50.9 Å². The molecule has 1 aliphatic heterocycles. The van der Waals surface area contributed by atoms with Gasteiger partial charge < -0.3 is 10.0 Å². The van der Waals surface area contributed by atoms with Gasteiger partial charge in [-0.05, 0) is 93.0 Å². The van der Waals surface area contributed by atoms with Gasteiger partial charge in [0.25, 0.3) is 0 Å². The lowest BCUT2D eigenvalue weighted by molar-refractivity contribution is 0.180. The van der Waals surface area contributed by atoms with Crippen molar-refractivity contribution in [2.75, 3.05) is 25.4 Å². The molecule has 0 radical (unpaired) electrons. The fraction of sp³-hybridized carbons (Fsp3) is 0.440. The zero-order valence-corrected chi connectivity index (χ0v) is 18.7. The molecular weight excluding hydrogens is 413 g/mol. The van der Waals surface area contributed by atoms with Crippen molar-refractivity contribution in [3.63, 3.8) is 0 Å². The van der Waals surface area contributed by atoms with E-state index in [1.807, 2.05) is 18.2 Å². The number of nitrogens with zero attached hydrogens (tertiary/aromatic N) is 1. The smallest absolute Gasteiger partial charge is 0.160 e. The Morgan fingerprint density at radius 3 is 2.52 bits per heavy atom. The number of benzene rings is 2. The Labute approximate surface area is 185 Å². The van der Waals surface area contributed by atoms with Crippen LogP contribution in [-0.4, -0.2) is 43.8 Å². The summed E-state index contributed by atoms with van der Waals surface area (Å²) in [6, 6.07) is 13.0. The van der Waals surface area contributed by atoms with E-state index in [0.29, 0.717) is 23.7 Å². The predicted molar refractivity (Wildman–Crippen MR) is 123 cm³/mol. The van der Waals surface area contributed by atoms with Gasteiger partial charge in [-0.1, -0.05) is 30.3 Å². The molecule has 0 saturated carbocycles. The Morgan fingerprint density at radius 1 is 1.16 bits per heavy atom. The van der Waals surface area contributed by atoms with Crippen molar-refractivity contribution in [3.8, 4) is 5.75 Å². The maximum Gasteiger partial charge on any atom is 0.160 e. The monoisotopic (exact) mass is 445 g/mol. The molecule has 0 spiro atoms. The van der Waals surface area contributed by atoms with Gasteiger partial charge in [-0.15, -0.1) is 6.58 Å². The van der Waals surface area contributed by atoms with Crippen LogP contribution in [0.5, 0.6) is 5.75 Å². The summed E-state index contributed by atoms with van der Waals surface area (Å²) in [6.07, 6.45) is 6.11. The normalized spacial score (nSPS) is 16.8. The summed E-state index contributed by atoms with van der Waals surface area (Å²) in [4.78, 5) is 2.44. The molecular formula is C25H32FNO3S. The number of phenols is 1. The maximum atomic E-state index is 13.2. The van der Waals surface area contributed by atoms with Crippen LogP contribution in [0.4, 0.5) is 4.39 Å². The third-order valence-corrected chi connectivity index (χ3v) is 8.21. The predicted octanol–water partition coefficient (Wildman–Crippen LogP) is 4.91. The lowest BCUT2D eigenvalue weighted by atomic mass is 9.94. The molecule has 0 amide bonds. The van der Waals surface area contributed by atoms with E-state index in [2.05, 4.69) is 11.5 Å². The average molecular weight is 446 g/mol. The zero-order chi connectivity index (χ0) is 22.3. The third-order valence-electron chi connectivity index (χ3n) is 6.17. The zero-order valence-electron chi connectivity index (χ0n) is 17.9. The first-order chi connectivity index (χ1) is 14.9. The number of aryl methyl sites for hydroxylation is 1. The summed E-state index contributed by atoms with van der Waals surface area (Å²) < 4.78 is 38.9. The highest BCUT2D eigenvalue weighted by Crippen LogP contribution is 2.28. The first-order valence-corrected chi connectivity index (χ1v) is 12.7. The second-order valence-electron chi connectivity index (χ2n) is 8.42. The topological polar surface area (TPSA) is 57.6 Å². The van der Waals surface area contributed by atoms with Gasteiger partial charge in [-0.3, -0.25) is 0 Å². The minimum atomic E-state index is -3.37. The van der Waals surface area contributed by atoms with Crippen LogP contribution >= 0.6 is 0 Å². The second kappa shape index (κ2) is 10.9.